The van der Waals surface area contributed by atoms with E-state index in [1.54, 1.807) is 0 Å². The van der Waals surface area contributed by atoms with Gasteiger partial charge in [0.05, 0.1) is 5.92 Å². The lowest BCUT2D eigenvalue weighted by Crippen LogP contribution is -2.49. The van der Waals surface area contributed by atoms with Crippen LogP contribution in [-0.2, 0) is 0 Å². The Bertz CT molecular complexity index is 252. The Balaban J connectivity index is 2.83. The van der Waals surface area contributed by atoms with E-state index in [4.69, 9.17) is 0 Å². The van der Waals surface area contributed by atoms with Crippen molar-refractivity contribution < 1.29 is 13.2 Å². The zero-order valence-corrected chi connectivity index (χ0v) is 12.4. The number of nitrogens with one attached hydrogen (secondary N) is 1. The SMILES string of the molecule is CCCNC(C(C)CC)C1CCCCC1C(F)(F)F. The molecule has 0 saturated heterocycles. The Labute approximate surface area is 115 Å². The molecular formula is C15H28F3N. The average molecular weight is 279 g/mol. The summed E-state index contributed by atoms with van der Waals surface area (Å²) in [7, 11) is 0. The molecule has 0 aliphatic heterocycles. The Morgan fingerprint density at radius 3 is 2.32 bits per heavy atom. The molecule has 0 amide bonds. The van der Waals surface area contributed by atoms with Gasteiger partial charge in [0.15, 0.2) is 0 Å². The van der Waals surface area contributed by atoms with E-state index in [0.29, 0.717) is 12.3 Å². The molecule has 1 N–H and O–H groups in total. The van der Waals surface area contributed by atoms with Gasteiger partial charge in [0.2, 0.25) is 0 Å². The summed E-state index contributed by atoms with van der Waals surface area (Å²) in [6, 6.07) is 0.0110. The molecule has 0 bridgehead atoms. The van der Waals surface area contributed by atoms with Crippen LogP contribution in [0.25, 0.3) is 0 Å². The molecule has 1 aliphatic carbocycles. The fraction of sp³-hybridized carbons (Fsp3) is 1.00. The van der Waals surface area contributed by atoms with Crippen molar-refractivity contribution in [3.63, 3.8) is 0 Å². The van der Waals surface area contributed by atoms with E-state index in [0.717, 1.165) is 38.6 Å². The summed E-state index contributed by atoms with van der Waals surface area (Å²) in [6.07, 6.45) is 0.563. The maximum absolute atomic E-state index is 13.2. The molecule has 0 heterocycles. The highest BCUT2D eigenvalue weighted by Gasteiger charge is 2.48. The van der Waals surface area contributed by atoms with Gasteiger partial charge in [-0.15, -0.1) is 0 Å². The van der Waals surface area contributed by atoms with Crippen LogP contribution in [0.1, 0.15) is 59.3 Å². The molecule has 4 heteroatoms. The summed E-state index contributed by atoms with van der Waals surface area (Å²) in [5.74, 6) is -1.04. The van der Waals surface area contributed by atoms with Crippen molar-refractivity contribution in [3.05, 3.63) is 0 Å². The van der Waals surface area contributed by atoms with Gasteiger partial charge in [0.25, 0.3) is 0 Å². The number of hydrogen-bond acceptors (Lipinski definition) is 1. The fourth-order valence-corrected chi connectivity index (χ4v) is 3.34. The molecule has 1 fully saturated rings. The summed E-state index contributed by atoms with van der Waals surface area (Å²) in [6.45, 7) is 7.02. The van der Waals surface area contributed by atoms with Gasteiger partial charge in [-0.05, 0) is 37.6 Å². The standard InChI is InChI=1S/C15H28F3N/c1-4-10-19-14(11(3)5-2)12-8-6-7-9-13(12)15(16,17)18/h11-14,19H,4-10H2,1-3H3. The first kappa shape index (κ1) is 16.8. The van der Waals surface area contributed by atoms with Gasteiger partial charge in [-0.3, -0.25) is 0 Å². The predicted molar refractivity (Wildman–Crippen MR) is 73.0 cm³/mol. The van der Waals surface area contributed by atoms with Crippen molar-refractivity contribution in [2.24, 2.45) is 17.8 Å². The highest BCUT2D eigenvalue weighted by Crippen LogP contribution is 2.44. The average Bonchev–Trinajstić information content (AvgIpc) is 2.38. The number of halogens is 3. The minimum Gasteiger partial charge on any atom is -0.313 e. The topological polar surface area (TPSA) is 12.0 Å². The van der Waals surface area contributed by atoms with Gasteiger partial charge in [-0.1, -0.05) is 40.0 Å². The second kappa shape index (κ2) is 7.51. The van der Waals surface area contributed by atoms with Crippen molar-refractivity contribution in [3.8, 4) is 0 Å². The third-order valence-electron chi connectivity index (χ3n) is 4.59. The summed E-state index contributed by atoms with van der Waals surface area (Å²) in [4.78, 5) is 0. The molecule has 0 aromatic carbocycles. The van der Waals surface area contributed by atoms with E-state index < -0.39 is 12.1 Å². The predicted octanol–water partition coefficient (Wildman–Crippen LogP) is 4.77. The van der Waals surface area contributed by atoms with Crippen LogP contribution in [0.2, 0.25) is 0 Å². The van der Waals surface area contributed by atoms with Crippen LogP contribution >= 0.6 is 0 Å². The lowest BCUT2D eigenvalue weighted by molar-refractivity contribution is -0.200. The molecule has 4 atom stereocenters. The van der Waals surface area contributed by atoms with Crippen LogP contribution < -0.4 is 5.32 Å². The van der Waals surface area contributed by atoms with E-state index >= 15 is 0 Å². The fourth-order valence-electron chi connectivity index (χ4n) is 3.34. The van der Waals surface area contributed by atoms with Crippen LogP contribution in [0, 0.1) is 17.8 Å². The molecule has 0 spiro atoms. The first-order chi connectivity index (χ1) is 8.91. The molecule has 19 heavy (non-hydrogen) atoms. The van der Waals surface area contributed by atoms with Crippen LogP contribution in [0.3, 0.4) is 0 Å². The highest BCUT2D eigenvalue weighted by molar-refractivity contribution is 4.90. The molecule has 1 rings (SSSR count). The summed E-state index contributed by atoms with van der Waals surface area (Å²) >= 11 is 0. The monoisotopic (exact) mass is 279 g/mol. The van der Waals surface area contributed by atoms with Crippen LogP contribution in [-0.4, -0.2) is 18.8 Å². The maximum Gasteiger partial charge on any atom is 0.392 e. The van der Waals surface area contributed by atoms with Gasteiger partial charge in [-0.25, -0.2) is 0 Å². The van der Waals surface area contributed by atoms with Gasteiger partial charge in [-0.2, -0.15) is 13.2 Å². The number of hydrogen-bond donors (Lipinski definition) is 1. The Hall–Kier alpha value is -0.250. The maximum atomic E-state index is 13.2. The lowest BCUT2D eigenvalue weighted by atomic mass is 9.71. The summed E-state index contributed by atoms with van der Waals surface area (Å²) < 4.78 is 39.6. The zero-order chi connectivity index (χ0) is 14.5. The molecule has 114 valence electrons. The first-order valence-corrected chi connectivity index (χ1v) is 7.71. The molecule has 1 aliphatic rings. The quantitative estimate of drug-likeness (QED) is 0.738. The molecule has 0 radical (unpaired) electrons. The van der Waals surface area contributed by atoms with E-state index in [-0.39, 0.29) is 12.0 Å². The molecule has 0 aromatic rings. The molecule has 1 nitrogen and oxygen atoms in total. The zero-order valence-electron chi connectivity index (χ0n) is 12.4. The second-order valence-electron chi connectivity index (χ2n) is 5.96. The van der Waals surface area contributed by atoms with Gasteiger partial charge >= 0.3 is 6.18 Å². The summed E-state index contributed by atoms with van der Waals surface area (Å²) in [5, 5.41) is 3.39. The van der Waals surface area contributed by atoms with Crippen LogP contribution in [0.4, 0.5) is 13.2 Å². The summed E-state index contributed by atoms with van der Waals surface area (Å²) in [5.41, 5.74) is 0. The first-order valence-electron chi connectivity index (χ1n) is 7.71. The van der Waals surface area contributed by atoms with E-state index in [1.165, 1.54) is 0 Å². The Kier molecular flexibility index (Phi) is 6.64. The van der Waals surface area contributed by atoms with Crippen molar-refractivity contribution in [1.29, 1.82) is 0 Å². The third-order valence-corrected chi connectivity index (χ3v) is 4.59. The Morgan fingerprint density at radius 2 is 1.79 bits per heavy atom. The molecule has 1 saturated carbocycles. The van der Waals surface area contributed by atoms with Crippen molar-refractivity contribution in [1.82, 2.24) is 5.32 Å². The number of rotatable bonds is 6. The highest BCUT2D eigenvalue weighted by atomic mass is 19.4. The van der Waals surface area contributed by atoms with E-state index in [1.807, 2.05) is 0 Å². The largest absolute Gasteiger partial charge is 0.392 e. The molecule has 0 aromatic heterocycles. The van der Waals surface area contributed by atoms with Crippen molar-refractivity contribution in [2.45, 2.75) is 71.5 Å². The van der Waals surface area contributed by atoms with Gasteiger partial charge in [0.1, 0.15) is 0 Å². The third kappa shape index (κ3) is 4.66. The van der Waals surface area contributed by atoms with Crippen molar-refractivity contribution >= 4 is 0 Å². The Morgan fingerprint density at radius 1 is 1.16 bits per heavy atom. The minimum absolute atomic E-state index is 0.0110. The van der Waals surface area contributed by atoms with E-state index in [2.05, 4.69) is 26.1 Å². The smallest absolute Gasteiger partial charge is 0.313 e. The van der Waals surface area contributed by atoms with Crippen LogP contribution in [0.5, 0.6) is 0 Å². The lowest BCUT2D eigenvalue weighted by Gasteiger charge is -2.41. The second-order valence-corrected chi connectivity index (χ2v) is 5.96. The van der Waals surface area contributed by atoms with Gasteiger partial charge in [0, 0.05) is 6.04 Å². The van der Waals surface area contributed by atoms with Crippen LogP contribution in [0.15, 0.2) is 0 Å². The van der Waals surface area contributed by atoms with Crippen molar-refractivity contribution in [2.75, 3.05) is 6.54 Å². The number of alkyl halides is 3. The minimum atomic E-state index is -4.04. The van der Waals surface area contributed by atoms with E-state index in [9.17, 15) is 13.2 Å². The van der Waals surface area contributed by atoms with Gasteiger partial charge < -0.3 is 5.32 Å². The molecular weight excluding hydrogens is 251 g/mol. The molecule has 4 unspecified atom stereocenters. The normalized spacial score (nSPS) is 28.1.